The Morgan fingerprint density at radius 1 is 0.906 bits per heavy atom. The Balaban J connectivity index is 0.831. The summed E-state index contributed by atoms with van der Waals surface area (Å²) < 4.78 is 40.6. The van der Waals surface area contributed by atoms with E-state index >= 15 is 8.78 Å². The summed E-state index contributed by atoms with van der Waals surface area (Å²) in [6.45, 7) is 9.20. The average molecular weight is 877 g/mol. The minimum atomic E-state index is -1.72. The molecule has 4 aliphatic rings. The van der Waals surface area contributed by atoms with Gasteiger partial charge in [0.05, 0.1) is 41.5 Å². The second kappa shape index (κ2) is 17.5. The van der Waals surface area contributed by atoms with Gasteiger partial charge in [0, 0.05) is 87.8 Å². The molecule has 2 N–H and O–H groups in total. The van der Waals surface area contributed by atoms with E-state index in [2.05, 4.69) is 38.9 Å². The van der Waals surface area contributed by atoms with Crippen molar-refractivity contribution in [2.24, 2.45) is 18.9 Å². The summed E-state index contributed by atoms with van der Waals surface area (Å²) in [5.74, 6) is -5.58. The number of anilines is 2. The summed E-state index contributed by atoms with van der Waals surface area (Å²) in [6, 6.07) is 11.9. The largest absolute Gasteiger partial charge is 0.477 e. The Bertz CT molecular complexity index is 2640. The van der Waals surface area contributed by atoms with E-state index in [1.165, 1.54) is 0 Å². The first-order chi connectivity index (χ1) is 30.8. The van der Waals surface area contributed by atoms with Crippen LogP contribution in [0.25, 0.3) is 22.3 Å². The number of imide groups is 1. The predicted molar refractivity (Wildman–Crippen MR) is 231 cm³/mol. The molecule has 3 saturated heterocycles. The number of benzene rings is 2. The number of carbonyl (C=O) groups excluding carboxylic acids is 5. The van der Waals surface area contributed by atoms with Crippen molar-refractivity contribution in [1.29, 1.82) is 0 Å². The molecule has 3 aromatic heterocycles. The Morgan fingerprint density at radius 3 is 2.39 bits per heavy atom. The van der Waals surface area contributed by atoms with Crippen molar-refractivity contribution in [1.82, 2.24) is 39.4 Å². The van der Waals surface area contributed by atoms with Gasteiger partial charge in [0.15, 0.2) is 5.78 Å². The monoisotopic (exact) mass is 876 g/mol. The SMILES string of the molecule is Cc1cc2cc(n1)-c1cnn(C)c1OCCC[C@@H](C)Cn1c(nc3ccc(CN4CCN(C(=O)C5CCN(c6cc(F)c([C@H]7C(=O)CC(=O)NC7=O)c(F)c6)CC5)CC4)cc31)NC2=O. The number of hydrogen-bond acceptors (Lipinski definition) is 11. The molecule has 0 spiro atoms. The number of fused-ring (bicyclic) bond motifs is 7. The molecule has 334 valence electrons. The highest BCUT2D eigenvalue weighted by molar-refractivity contribution is 6.21. The van der Waals surface area contributed by atoms with Crippen molar-refractivity contribution in [3.05, 3.63) is 82.7 Å². The molecule has 4 aliphatic heterocycles. The number of ketones is 1. The average Bonchev–Trinajstić information content (AvgIpc) is 3.80. The third kappa shape index (κ3) is 8.57. The lowest BCUT2D eigenvalue weighted by molar-refractivity contribution is -0.141. The lowest BCUT2D eigenvalue weighted by Gasteiger charge is -2.39. The van der Waals surface area contributed by atoms with Crippen molar-refractivity contribution >= 4 is 52.1 Å². The van der Waals surface area contributed by atoms with Gasteiger partial charge >= 0.3 is 0 Å². The number of piperazine rings is 1. The predicted octanol–water partition coefficient (Wildman–Crippen LogP) is 4.74. The number of Topliss-reactive ketones (excluding diaryl/α,β-unsaturated/α-hetero) is 1. The standard InChI is InChI=1S/C46H50F2N10O6/c1-26-5-4-16-64-45-32(23-49-54(45)3)36-19-30(17-27(2)50-36)42(61)53-46-51-35-7-6-28(18-37(35)58(46)24-26)25-55-12-14-57(15-13-55)44(63)29-8-10-56(11-9-29)31-20-33(47)40(34(48)21-31)41-38(59)22-39(60)52-43(41)62/h6-7,17-21,23,26,29,41H,4-5,8-16,22,24-25H2,1-3H3,(H,51,53,61)(H,52,60,62)/t26-,41-/m1/s1. The zero-order chi connectivity index (χ0) is 44.8. The first-order valence-electron chi connectivity index (χ1n) is 21.9. The Kier molecular flexibility index (Phi) is 11.7. The summed E-state index contributed by atoms with van der Waals surface area (Å²) in [5.41, 5.74) is 4.87. The summed E-state index contributed by atoms with van der Waals surface area (Å²) >= 11 is 0. The molecule has 0 radical (unpaired) electrons. The summed E-state index contributed by atoms with van der Waals surface area (Å²) in [4.78, 5) is 79.4. The highest BCUT2D eigenvalue weighted by Gasteiger charge is 2.40. The molecule has 2 aromatic carbocycles. The van der Waals surface area contributed by atoms with E-state index in [1.54, 1.807) is 27.9 Å². The quantitative estimate of drug-likeness (QED) is 0.184. The molecule has 5 aromatic rings. The minimum Gasteiger partial charge on any atom is -0.477 e. The van der Waals surface area contributed by atoms with Crippen LogP contribution in [-0.2, 0) is 39.3 Å². The van der Waals surface area contributed by atoms with Crippen molar-refractivity contribution in [2.75, 3.05) is 56.1 Å². The van der Waals surface area contributed by atoms with Crippen molar-refractivity contribution in [3.63, 3.8) is 0 Å². The van der Waals surface area contributed by atoms with Crippen molar-refractivity contribution < 1.29 is 37.5 Å². The van der Waals surface area contributed by atoms with Crippen LogP contribution in [0.15, 0.2) is 48.7 Å². The van der Waals surface area contributed by atoms with Gasteiger partial charge in [0.1, 0.15) is 17.6 Å². The fourth-order valence-electron chi connectivity index (χ4n) is 9.44. The maximum atomic E-state index is 15.3. The van der Waals surface area contributed by atoms with Crippen LogP contribution in [0.3, 0.4) is 0 Å². The number of amides is 4. The van der Waals surface area contributed by atoms with E-state index in [4.69, 9.17) is 14.7 Å². The van der Waals surface area contributed by atoms with E-state index < -0.39 is 47.1 Å². The van der Waals surface area contributed by atoms with Crippen LogP contribution in [-0.4, -0.2) is 109 Å². The Labute approximate surface area is 367 Å². The molecule has 9 rings (SSSR count). The van der Waals surface area contributed by atoms with E-state index in [1.807, 2.05) is 30.3 Å². The molecule has 0 aliphatic carbocycles. The third-order valence-electron chi connectivity index (χ3n) is 12.8. The molecule has 0 saturated carbocycles. The lowest BCUT2D eigenvalue weighted by atomic mass is 9.88. The molecule has 0 unspecified atom stereocenters. The molecule has 16 nitrogen and oxygen atoms in total. The normalized spacial score (nSPS) is 20.5. The summed E-state index contributed by atoms with van der Waals surface area (Å²) in [5, 5.41) is 9.48. The second-order valence-electron chi connectivity index (χ2n) is 17.5. The van der Waals surface area contributed by atoms with E-state index in [0.717, 1.165) is 47.1 Å². The molecular formula is C46H50F2N10O6. The van der Waals surface area contributed by atoms with E-state index in [-0.39, 0.29) is 29.3 Å². The van der Waals surface area contributed by atoms with E-state index in [9.17, 15) is 24.0 Å². The highest BCUT2D eigenvalue weighted by atomic mass is 19.1. The molecule has 7 heterocycles. The number of imidazole rings is 1. The number of piperidine rings is 2. The van der Waals surface area contributed by atoms with Gasteiger partial charge in [-0.05, 0) is 80.5 Å². The molecule has 18 heteroatoms. The van der Waals surface area contributed by atoms with Crippen LogP contribution < -0.4 is 20.3 Å². The van der Waals surface area contributed by atoms with Crippen LogP contribution in [0.5, 0.6) is 5.88 Å². The number of nitrogens with one attached hydrogen (secondary N) is 2. The van der Waals surface area contributed by atoms with Crippen molar-refractivity contribution in [3.8, 4) is 17.1 Å². The van der Waals surface area contributed by atoms with Crippen LogP contribution in [0.2, 0.25) is 0 Å². The fourth-order valence-corrected chi connectivity index (χ4v) is 9.44. The highest BCUT2D eigenvalue weighted by Crippen LogP contribution is 2.34. The number of ether oxygens (including phenoxy) is 1. The van der Waals surface area contributed by atoms with Crippen LogP contribution in [0.1, 0.15) is 72.1 Å². The van der Waals surface area contributed by atoms with Gasteiger partial charge in [-0.1, -0.05) is 13.0 Å². The van der Waals surface area contributed by atoms with E-state index in [0.29, 0.717) is 101 Å². The number of hydrogen-bond donors (Lipinski definition) is 2. The number of rotatable bonds is 5. The maximum Gasteiger partial charge on any atom is 0.258 e. The first kappa shape index (κ1) is 42.7. The van der Waals surface area contributed by atoms with Gasteiger partial charge in [-0.3, -0.25) is 44.5 Å². The molecule has 4 amide bonds. The number of aromatic nitrogens is 5. The molecule has 64 heavy (non-hydrogen) atoms. The number of pyridine rings is 1. The molecular weight excluding hydrogens is 827 g/mol. The number of halogens is 2. The van der Waals surface area contributed by atoms with Gasteiger partial charge in [-0.2, -0.15) is 5.10 Å². The van der Waals surface area contributed by atoms with Gasteiger partial charge < -0.3 is 19.1 Å². The fraction of sp³-hybridized carbons (Fsp3) is 0.435. The maximum absolute atomic E-state index is 15.3. The number of nitrogens with zero attached hydrogens (tertiary/aromatic N) is 8. The van der Waals surface area contributed by atoms with Gasteiger partial charge in [0.2, 0.25) is 29.5 Å². The zero-order valence-electron chi connectivity index (χ0n) is 36.0. The topological polar surface area (TPSA) is 177 Å². The second-order valence-corrected chi connectivity index (χ2v) is 17.5. The summed E-state index contributed by atoms with van der Waals surface area (Å²) in [6.07, 6.45) is 3.81. The molecule has 2 bridgehead atoms. The Morgan fingerprint density at radius 2 is 1.66 bits per heavy atom. The zero-order valence-corrected chi connectivity index (χ0v) is 36.0. The lowest BCUT2D eigenvalue weighted by Crippen LogP contribution is -2.51. The van der Waals surface area contributed by atoms with Crippen LogP contribution in [0.4, 0.5) is 20.4 Å². The van der Waals surface area contributed by atoms with Gasteiger partial charge in [-0.15, -0.1) is 0 Å². The van der Waals surface area contributed by atoms with Crippen LogP contribution >= 0.6 is 0 Å². The smallest absolute Gasteiger partial charge is 0.258 e. The number of aryl methyl sites for hydroxylation is 2. The minimum absolute atomic E-state index is 0.0743. The number of carbonyl (C=O) groups is 5. The van der Waals surface area contributed by atoms with Gasteiger partial charge in [-0.25, -0.2) is 18.4 Å². The van der Waals surface area contributed by atoms with Gasteiger partial charge in [0.25, 0.3) is 5.91 Å². The third-order valence-corrected chi connectivity index (χ3v) is 12.8. The molecule has 2 atom stereocenters. The van der Waals surface area contributed by atoms with Crippen molar-refractivity contribution in [2.45, 2.75) is 65.0 Å². The first-order valence-corrected chi connectivity index (χ1v) is 21.9. The summed E-state index contributed by atoms with van der Waals surface area (Å²) in [7, 11) is 1.83. The van der Waals surface area contributed by atoms with Crippen LogP contribution in [0, 0.1) is 30.4 Å². The molecule has 3 fully saturated rings. The Hall–Kier alpha value is -6.56.